The fraction of sp³-hybridized carbons (Fsp3) is 0.0667. The van der Waals surface area contributed by atoms with Crippen LogP contribution in [0.25, 0.3) is 0 Å². The predicted octanol–water partition coefficient (Wildman–Crippen LogP) is 3.25. The van der Waals surface area contributed by atoms with Gasteiger partial charge in [-0.05, 0) is 24.3 Å². The van der Waals surface area contributed by atoms with Crippen LogP contribution in [0, 0.1) is 28.8 Å². The van der Waals surface area contributed by atoms with E-state index in [-0.39, 0.29) is 11.3 Å². The van der Waals surface area contributed by atoms with E-state index in [4.69, 9.17) is 5.26 Å². The third kappa shape index (κ3) is 2.58. The first-order valence-electron chi connectivity index (χ1n) is 5.88. The molecule has 0 N–H and O–H groups in total. The van der Waals surface area contributed by atoms with Gasteiger partial charge in [-0.2, -0.15) is 5.26 Å². The number of benzene rings is 2. The molecular formula is C15H9F3N2O. The van der Waals surface area contributed by atoms with Crippen molar-refractivity contribution in [2.24, 2.45) is 0 Å². The lowest BCUT2D eigenvalue weighted by atomic mass is 10.1. The number of carbonyl (C=O) groups excluding carboxylic acids is 1. The van der Waals surface area contributed by atoms with E-state index in [9.17, 15) is 18.0 Å². The number of amides is 1. The van der Waals surface area contributed by atoms with Crippen LogP contribution in [0.15, 0.2) is 36.4 Å². The first kappa shape index (κ1) is 14.6. The highest BCUT2D eigenvalue weighted by molar-refractivity contribution is 6.06. The minimum absolute atomic E-state index is 0.205. The molecule has 1 amide bonds. The summed E-state index contributed by atoms with van der Waals surface area (Å²) in [5, 5.41) is 8.98. The van der Waals surface area contributed by atoms with Gasteiger partial charge in [0.15, 0.2) is 17.5 Å². The molecule has 2 aromatic carbocycles. The Bertz CT molecular complexity index is 753. The Kier molecular flexibility index (Phi) is 3.94. The summed E-state index contributed by atoms with van der Waals surface area (Å²) in [4.78, 5) is 13.2. The fourth-order valence-corrected chi connectivity index (χ4v) is 1.84. The molecule has 0 atom stereocenters. The fourth-order valence-electron chi connectivity index (χ4n) is 1.84. The molecule has 0 saturated heterocycles. The minimum atomic E-state index is -1.71. The number of nitrogens with zero attached hydrogens (tertiary/aromatic N) is 2. The minimum Gasteiger partial charge on any atom is -0.310 e. The Morgan fingerprint density at radius 1 is 1.10 bits per heavy atom. The Balaban J connectivity index is 2.46. The maximum absolute atomic E-state index is 13.6. The molecular weight excluding hydrogens is 281 g/mol. The zero-order valence-electron chi connectivity index (χ0n) is 10.9. The Labute approximate surface area is 118 Å². The number of halogens is 3. The van der Waals surface area contributed by atoms with Crippen molar-refractivity contribution in [2.45, 2.75) is 0 Å². The molecule has 6 heteroatoms. The van der Waals surface area contributed by atoms with E-state index < -0.39 is 28.9 Å². The van der Waals surface area contributed by atoms with Crippen LogP contribution in [-0.4, -0.2) is 13.0 Å². The lowest BCUT2D eigenvalue weighted by Gasteiger charge is -2.19. The zero-order valence-corrected chi connectivity index (χ0v) is 10.9. The maximum atomic E-state index is 13.6. The lowest BCUT2D eigenvalue weighted by Crippen LogP contribution is -2.28. The number of hydrogen-bond donors (Lipinski definition) is 0. The number of anilines is 1. The van der Waals surface area contributed by atoms with Gasteiger partial charge in [-0.3, -0.25) is 4.79 Å². The highest BCUT2D eigenvalue weighted by atomic mass is 19.2. The summed E-state index contributed by atoms with van der Waals surface area (Å²) < 4.78 is 39.7. The first-order valence-corrected chi connectivity index (χ1v) is 5.88. The van der Waals surface area contributed by atoms with Gasteiger partial charge in [0.05, 0.1) is 16.8 Å². The van der Waals surface area contributed by atoms with E-state index in [0.717, 1.165) is 11.0 Å². The van der Waals surface area contributed by atoms with E-state index in [1.807, 2.05) is 6.07 Å². The van der Waals surface area contributed by atoms with Crippen LogP contribution in [0.5, 0.6) is 0 Å². The number of nitriles is 1. The molecule has 3 nitrogen and oxygen atoms in total. The van der Waals surface area contributed by atoms with Crippen molar-refractivity contribution in [2.75, 3.05) is 11.9 Å². The molecule has 106 valence electrons. The van der Waals surface area contributed by atoms with Crippen LogP contribution < -0.4 is 4.90 Å². The SMILES string of the molecule is CN(C(=O)c1ccc(F)c(F)c1F)c1ccccc1C#N. The lowest BCUT2D eigenvalue weighted by molar-refractivity contribution is 0.0988. The van der Waals surface area contributed by atoms with Crippen molar-refractivity contribution in [3.8, 4) is 6.07 Å². The summed E-state index contributed by atoms with van der Waals surface area (Å²) in [7, 11) is 1.32. The maximum Gasteiger partial charge on any atom is 0.261 e. The summed E-state index contributed by atoms with van der Waals surface area (Å²) in [6.45, 7) is 0. The van der Waals surface area contributed by atoms with E-state index >= 15 is 0 Å². The van der Waals surface area contributed by atoms with Gasteiger partial charge in [0, 0.05) is 7.05 Å². The average molecular weight is 290 g/mol. The monoisotopic (exact) mass is 290 g/mol. The summed E-state index contributed by atoms with van der Waals surface area (Å²) in [5.41, 5.74) is -0.158. The van der Waals surface area contributed by atoms with E-state index in [1.54, 1.807) is 12.1 Å². The smallest absolute Gasteiger partial charge is 0.261 e. The van der Waals surface area contributed by atoms with Gasteiger partial charge in [0.2, 0.25) is 0 Å². The van der Waals surface area contributed by atoms with Gasteiger partial charge < -0.3 is 4.90 Å². The zero-order chi connectivity index (χ0) is 15.6. The van der Waals surface area contributed by atoms with Crippen LogP contribution in [0.3, 0.4) is 0 Å². The standard InChI is InChI=1S/C15H9F3N2O/c1-20(12-5-3-2-4-9(12)8-19)15(21)10-6-7-11(16)14(18)13(10)17/h2-7H,1H3. The molecule has 0 aliphatic carbocycles. The molecule has 0 aromatic heterocycles. The first-order chi connectivity index (χ1) is 9.97. The third-order valence-corrected chi connectivity index (χ3v) is 2.96. The van der Waals surface area contributed by atoms with Crippen LogP contribution in [0.4, 0.5) is 18.9 Å². The van der Waals surface area contributed by atoms with Crippen molar-refractivity contribution in [1.29, 1.82) is 5.26 Å². The van der Waals surface area contributed by atoms with Crippen LogP contribution >= 0.6 is 0 Å². The van der Waals surface area contributed by atoms with Gasteiger partial charge in [-0.1, -0.05) is 12.1 Å². The van der Waals surface area contributed by atoms with E-state index in [2.05, 4.69) is 0 Å². The summed E-state index contributed by atoms with van der Waals surface area (Å²) >= 11 is 0. The Morgan fingerprint density at radius 2 is 1.76 bits per heavy atom. The van der Waals surface area contributed by atoms with Gasteiger partial charge in [0.1, 0.15) is 6.07 Å². The average Bonchev–Trinajstić information content (AvgIpc) is 2.51. The third-order valence-electron chi connectivity index (χ3n) is 2.96. The highest BCUT2D eigenvalue weighted by Crippen LogP contribution is 2.22. The number of rotatable bonds is 2. The highest BCUT2D eigenvalue weighted by Gasteiger charge is 2.23. The molecule has 0 spiro atoms. The molecule has 0 fully saturated rings. The van der Waals surface area contributed by atoms with Crippen molar-refractivity contribution >= 4 is 11.6 Å². The molecule has 0 saturated carbocycles. The largest absolute Gasteiger partial charge is 0.310 e. The summed E-state index contributed by atoms with van der Waals surface area (Å²) in [6.07, 6.45) is 0. The normalized spacial score (nSPS) is 10.0. The Hall–Kier alpha value is -2.81. The molecule has 0 bridgehead atoms. The molecule has 0 aliphatic heterocycles. The molecule has 0 radical (unpaired) electrons. The van der Waals surface area contributed by atoms with Crippen LogP contribution in [0.2, 0.25) is 0 Å². The predicted molar refractivity (Wildman–Crippen MR) is 70.2 cm³/mol. The summed E-state index contributed by atoms with van der Waals surface area (Å²) in [6, 6.07) is 9.62. The molecule has 0 heterocycles. The number of hydrogen-bond acceptors (Lipinski definition) is 2. The summed E-state index contributed by atoms with van der Waals surface area (Å²) in [5.74, 6) is -5.51. The second kappa shape index (κ2) is 5.67. The van der Waals surface area contributed by atoms with Crippen molar-refractivity contribution < 1.29 is 18.0 Å². The molecule has 2 rings (SSSR count). The number of carbonyl (C=O) groups is 1. The van der Waals surface area contributed by atoms with Gasteiger partial charge >= 0.3 is 0 Å². The van der Waals surface area contributed by atoms with Gasteiger partial charge in [-0.25, -0.2) is 13.2 Å². The van der Waals surface area contributed by atoms with E-state index in [0.29, 0.717) is 6.07 Å². The quantitative estimate of drug-likeness (QED) is 0.797. The second-order valence-corrected chi connectivity index (χ2v) is 4.22. The molecule has 0 aliphatic rings. The van der Waals surface area contributed by atoms with Crippen molar-refractivity contribution in [3.05, 3.63) is 65.0 Å². The van der Waals surface area contributed by atoms with E-state index in [1.165, 1.54) is 19.2 Å². The molecule has 21 heavy (non-hydrogen) atoms. The van der Waals surface area contributed by atoms with Gasteiger partial charge in [0.25, 0.3) is 5.91 Å². The van der Waals surface area contributed by atoms with Crippen molar-refractivity contribution in [1.82, 2.24) is 0 Å². The van der Waals surface area contributed by atoms with Crippen LogP contribution in [-0.2, 0) is 0 Å². The van der Waals surface area contributed by atoms with Crippen molar-refractivity contribution in [3.63, 3.8) is 0 Å². The molecule has 2 aromatic rings. The van der Waals surface area contributed by atoms with Gasteiger partial charge in [-0.15, -0.1) is 0 Å². The van der Waals surface area contributed by atoms with Crippen LogP contribution in [0.1, 0.15) is 15.9 Å². The molecule has 0 unspecified atom stereocenters. The number of para-hydroxylation sites is 1. The Morgan fingerprint density at radius 3 is 2.43 bits per heavy atom. The second-order valence-electron chi connectivity index (χ2n) is 4.22. The topological polar surface area (TPSA) is 44.1 Å².